The standard InChI is InChI=1S/C28H50N2O2/c1-4-5-6-7-8-9-10-11-12-13-14-15-16-17-21-29-23-28(31)30-26-19-18-20-27(22-26)32-24-25(2)3/h18-20,22,25,29H,4-17,21,23-24H2,1-3H3,(H,30,31). The molecule has 0 heterocycles. The van der Waals surface area contributed by atoms with Crippen molar-refractivity contribution in [3.05, 3.63) is 24.3 Å². The van der Waals surface area contributed by atoms with Gasteiger partial charge in [0.25, 0.3) is 0 Å². The van der Waals surface area contributed by atoms with E-state index in [2.05, 4.69) is 31.4 Å². The molecule has 0 aliphatic carbocycles. The van der Waals surface area contributed by atoms with Gasteiger partial charge in [-0.3, -0.25) is 4.79 Å². The van der Waals surface area contributed by atoms with E-state index in [-0.39, 0.29) is 5.91 Å². The maximum atomic E-state index is 12.1. The Labute approximate surface area is 198 Å². The fourth-order valence-corrected chi connectivity index (χ4v) is 3.78. The number of hydrogen-bond donors (Lipinski definition) is 2. The number of carbonyl (C=O) groups excluding carboxylic acids is 1. The fraction of sp³-hybridized carbons (Fsp3) is 0.750. The van der Waals surface area contributed by atoms with E-state index in [0.29, 0.717) is 19.1 Å². The normalized spacial score (nSPS) is 11.1. The number of anilines is 1. The number of ether oxygens (including phenoxy) is 1. The Bertz CT molecular complexity index is 574. The molecule has 0 aromatic heterocycles. The lowest BCUT2D eigenvalue weighted by molar-refractivity contribution is -0.115. The molecule has 2 N–H and O–H groups in total. The first-order chi connectivity index (χ1) is 15.6. The van der Waals surface area contributed by atoms with Gasteiger partial charge in [-0.25, -0.2) is 0 Å². The van der Waals surface area contributed by atoms with Gasteiger partial charge in [-0.15, -0.1) is 0 Å². The maximum absolute atomic E-state index is 12.1. The van der Waals surface area contributed by atoms with Crippen molar-refractivity contribution < 1.29 is 9.53 Å². The number of hydrogen-bond acceptors (Lipinski definition) is 3. The van der Waals surface area contributed by atoms with Crippen LogP contribution in [-0.2, 0) is 4.79 Å². The second kappa shape index (κ2) is 20.1. The van der Waals surface area contributed by atoms with Crippen molar-refractivity contribution in [2.45, 2.75) is 111 Å². The van der Waals surface area contributed by atoms with Crippen LogP contribution in [0.5, 0.6) is 5.75 Å². The molecule has 4 heteroatoms. The lowest BCUT2D eigenvalue weighted by atomic mass is 10.0. The third kappa shape index (κ3) is 17.1. The minimum Gasteiger partial charge on any atom is -0.493 e. The molecule has 184 valence electrons. The number of rotatable bonds is 21. The van der Waals surface area contributed by atoms with E-state index in [9.17, 15) is 4.79 Å². The molecular formula is C28H50N2O2. The van der Waals surface area contributed by atoms with Crippen LogP contribution < -0.4 is 15.4 Å². The molecule has 32 heavy (non-hydrogen) atoms. The SMILES string of the molecule is CCCCCCCCCCCCCCCCNCC(=O)Nc1cccc(OCC(C)C)c1. The first-order valence-electron chi connectivity index (χ1n) is 13.3. The summed E-state index contributed by atoms with van der Waals surface area (Å²) >= 11 is 0. The topological polar surface area (TPSA) is 50.4 Å². The zero-order valence-electron chi connectivity index (χ0n) is 21.2. The van der Waals surface area contributed by atoms with Crippen molar-refractivity contribution in [2.75, 3.05) is 25.0 Å². The zero-order valence-corrected chi connectivity index (χ0v) is 21.2. The average Bonchev–Trinajstić information content (AvgIpc) is 2.77. The quantitative estimate of drug-likeness (QED) is 0.190. The molecule has 1 aromatic carbocycles. The predicted molar refractivity (Wildman–Crippen MR) is 139 cm³/mol. The van der Waals surface area contributed by atoms with E-state index in [1.165, 1.54) is 83.5 Å². The summed E-state index contributed by atoms with van der Waals surface area (Å²) < 4.78 is 5.72. The van der Waals surface area contributed by atoms with Gasteiger partial charge in [0.05, 0.1) is 13.2 Å². The molecule has 0 bridgehead atoms. The number of carbonyl (C=O) groups is 1. The Morgan fingerprint density at radius 1 is 0.844 bits per heavy atom. The highest BCUT2D eigenvalue weighted by molar-refractivity contribution is 5.92. The summed E-state index contributed by atoms with van der Waals surface area (Å²) in [6, 6.07) is 7.61. The molecule has 4 nitrogen and oxygen atoms in total. The van der Waals surface area contributed by atoms with E-state index < -0.39 is 0 Å². The molecule has 1 rings (SSSR count). The Balaban J connectivity index is 1.91. The second-order valence-corrected chi connectivity index (χ2v) is 9.55. The first-order valence-corrected chi connectivity index (χ1v) is 13.3. The zero-order chi connectivity index (χ0) is 23.3. The van der Waals surface area contributed by atoms with E-state index in [1.54, 1.807) is 0 Å². The summed E-state index contributed by atoms with van der Waals surface area (Å²) in [4.78, 5) is 12.1. The summed E-state index contributed by atoms with van der Waals surface area (Å²) in [6.07, 6.45) is 19.2. The molecule has 1 aromatic rings. The lowest BCUT2D eigenvalue weighted by Crippen LogP contribution is -2.28. The molecule has 0 radical (unpaired) electrons. The van der Waals surface area contributed by atoms with Crippen LogP contribution in [0.25, 0.3) is 0 Å². The second-order valence-electron chi connectivity index (χ2n) is 9.55. The van der Waals surface area contributed by atoms with Crippen LogP contribution in [-0.4, -0.2) is 25.6 Å². The molecule has 0 fully saturated rings. The van der Waals surface area contributed by atoms with Gasteiger partial charge in [-0.05, 0) is 31.0 Å². The lowest BCUT2D eigenvalue weighted by Gasteiger charge is -2.11. The molecule has 1 amide bonds. The van der Waals surface area contributed by atoms with Crippen LogP contribution in [0.3, 0.4) is 0 Å². The van der Waals surface area contributed by atoms with Gasteiger partial charge in [-0.1, -0.05) is 110 Å². The summed E-state index contributed by atoms with van der Waals surface area (Å²) in [5, 5.41) is 6.20. The summed E-state index contributed by atoms with van der Waals surface area (Å²) in [6.45, 7) is 8.46. The Hall–Kier alpha value is -1.55. The van der Waals surface area contributed by atoms with Gasteiger partial charge in [0.1, 0.15) is 5.75 Å². The van der Waals surface area contributed by atoms with Gasteiger partial charge in [-0.2, -0.15) is 0 Å². The molecule has 0 atom stereocenters. The molecule has 0 aliphatic rings. The van der Waals surface area contributed by atoms with Crippen LogP contribution in [0.15, 0.2) is 24.3 Å². The highest BCUT2D eigenvalue weighted by Gasteiger charge is 2.04. The highest BCUT2D eigenvalue weighted by atomic mass is 16.5. The van der Waals surface area contributed by atoms with Gasteiger partial charge in [0.15, 0.2) is 0 Å². The Morgan fingerprint density at radius 2 is 1.41 bits per heavy atom. The number of benzene rings is 1. The molecule has 0 aliphatic heterocycles. The third-order valence-corrected chi connectivity index (χ3v) is 5.69. The van der Waals surface area contributed by atoms with Crippen molar-refractivity contribution in [1.82, 2.24) is 5.32 Å². The molecule has 0 spiro atoms. The minimum atomic E-state index is -0.00336. The fourth-order valence-electron chi connectivity index (χ4n) is 3.78. The number of amides is 1. The van der Waals surface area contributed by atoms with Crippen molar-refractivity contribution in [3.63, 3.8) is 0 Å². The average molecular weight is 447 g/mol. The van der Waals surface area contributed by atoms with Crippen molar-refractivity contribution >= 4 is 11.6 Å². The number of nitrogens with one attached hydrogen (secondary N) is 2. The maximum Gasteiger partial charge on any atom is 0.238 e. The third-order valence-electron chi connectivity index (χ3n) is 5.69. The van der Waals surface area contributed by atoms with Gasteiger partial charge < -0.3 is 15.4 Å². The van der Waals surface area contributed by atoms with Crippen LogP contribution in [0.1, 0.15) is 111 Å². The van der Waals surface area contributed by atoms with Gasteiger partial charge >= 0.3 is 0 Å². The van der Waals surface area contributed by atoms with Crippen LogP contribution in [0.4, 0.5) is 5.69 Å². The minimum absolute atomic E-state index is 0.00336. The monoisotopic (exact) mass is 446 g/mol. The van der Waals surface area contributed by atoms with E-state index in [4.69, 9.17) is 4.74 Å². The summed E-state index contributed by atoms with van der Waals surface area (Å²) in [5.74, 6) is 1.27. The smallest absolute Gasteiger partial charge is 0.238 e. The summed E-state index contributed by atoms with van der Waals surface area (Å²) in [5.41, 5.74) is 0.787. The predicted octanol–water partition coefficient (Wildman–Crippen LogP) is 7.73. The van der Waals surface area contributed by atoms with Crippen LogP contribution in [0.2, 0.25) is 0 Å². The Morgan fingerprint density at radius 3 is 1.97 bits per heavy atom. The molecule has 0 unspecified atom stereocenters. The molecular weight excluding hydrogens is 396 g/mol. The van der Waals surface area contributed by atoms with Crippen molar-refractivity contribution in [3.8, 4) is 5.75 Å². The molecule has 0 saturated carbocycles. The summed E-state index contributed by atoms with van der Waals surface area (Å²) in [7, 11) is 0. The van der Waals surface area contributed by atoms with Gasteiger partial charge in [0.2, 0.25) is 5.91 Å². The Kier molecular flexibility index (Phi) is 17.9. The van der Waals surface area contributed by atoms with E-state index >= 15 is 0 Å². The van der Waals surface area contributed by atoms with Crippen LogP contribution >= 0.6 is 0 Å². The largest absolute Gasteiger partial charge is 0.493 e. The van der Waals surface area contributed by atoms with Crippen LogP contribution in [0, 0.1) is 5.92 Å². The van der Waals surface area contributed by atoms with Crippen molar-refractivity contribution in [2.24, 2.45) is 5.92 Å². The highest BCUT2D eigenvalue weighted by Crippen LogP contribution is 2.18. The number of unbranched alkanes of at least 4 members (excludes halogenated alkanes) is 13. The van der Waals surface area contributed by atoms with Crippen molar-refractivity contribution in [1.29, 1.82) is 0 Å². The molecule has 0 saturated heterocycles. The van der Waals surface area contributed by atoms with E-state index in [0.717, 1.165) is 24.4 Å². The van der Waals surface area contributed by atoms with E-state index in [1.807, 2.05) is 24.3 Å². The first kappa shape index (κ1) is 28.5. The van der Waals surface area contributed by atoms with Gasteiger partial charge in [0, 0.05) is 11.8 Å².